The van der Waals surface area contributed by atoms with E-state index in [2.05, 4.69) is 22.0 Å². The zero-order chi connectivity index (χ0) is 38.4. The minimum Gasteiger partial charge on any atom is -0.462 e. The molecule has 16 heteroatoms. The minimum absolute atomic E-state index is 0.0150. The van der Waals surface area contributed by atoms with Gasteiger partial charge in [0.15, 0.2) is 30.0 Å². The van der Waals surface area contributed by atoms with Gasteiger partial charge in [-0.05, 0) is 49.5 Å². The van der Waals surface area contributed by atoms with Crippen LogP contribution in [0.2, 0.25) is 0 Å². The van der Waals surface area contributed by atoms with Crippen molar-refractivity contribution < 1.29 is 47.9 Å². The van der Waals surface area contributed by atoms with Crippen molar-refractivity contribution >= 4 is 29.4 Å². The van der Waals surface area contributed by atoms with Gasteiger partial charge in [0.05, 0.1) is 5.69 Å². The van der Waals surface area contributed by atoms with Gasteiger partial charge in [-0.15, -0.1) is 0 Å². The fraction of sp³-hybridized carbons (Fsp3) is 0.474. The third-order valence-corrected chi connectivity index (χ3v) is 9.68. The molecule has 54 heavy (non-hydrogen) atoms. The smallest absolute Gasteiger partial charge is 0.413 e. The van der Waals surface area contributed by atoms with Crippen molar-refractivity contribution in [3.05, 3.63) is 84.1 Å². The number of ether oxygens (including phenoxy) is 6. The van der Waals surface area contributed by atoms with E-state index in [1.165, 1.54) is 16.6 Å². The predicted molar refractivity (Wildman–Crippen MR) is 189 cm³/mol. The lowest BCUT2D eigenvalue weighted by Gasteiger charge is -2.25. The number of benzene rings is 1. The molecule has 0 unspecified atom stereocenters. The van der Waals surface area contributed by atoms with Crippen LogP contribution in [-0.4, -0.2) is 75.3 Å². The van der Waals surface area contributed by atoms with Crippen molar-refractivity contribution in [3.63, 3.8) is 0 Å². The molecule has 0 bridgehead atoms. The summed E-state index contributed by atoms with van der Waals surface area (Å²) in [5.41, 5.74) is 5.07. The summed E-state index contributed by atoms with van der Waals surface area (Å²) in [5.74, 6) is -0.330. The number of aromatic nitrogens is 3. The number of nitrogens with zero attached hydrogens (tertiary/aromatic N) is 4. The van der Waals surface area contributed by atoms with Crippen molar-refractivity contribution in [2.24, 2.45) is 17.6 Å². The predicted octanol–water partition coefficient (Wildman–Crippen LogP) is 4.14. The summed E-state index contributed by atoms with van der Waals surface area (Å²) in [6.07, 6.45) is 1.10. The van der Waals surface area contributed by atoms with Gasteiger partial charge in [0, 0.05) is 12.3 Å². The third-order valence-electron chi connectivity index (χ3n) is 9.68. The number of anilines is 1. The number of esters is 2. The Hall–Kier alpha value is -5.50. The number of nitrogens with one attached hydrogen (secondary N) is 1. The Bertz CT molecular complexity index is 1930. The second-order valence-corrected chi connectivity index (χ2v) is 13.9. The van der Waals surface area contributed by atoms with Gasteiger partial charge in [0.1, 0.15) is 42.8 Å². The normalized spacial score (nSPS) is 23.4. The third kappa shape index (κ3) is 8.33. The number of rotatable bonds is 13. The highest BCUT2D eigenvalue weighted by atomic mass is 16.7. The fourth-order valence-electron chi connectivity index (χ4n) is 6.99. The number of fused-ring (bicyclic) bond motifs is 1. The molecule has 1 amide bonds. The molecular weight excluding hydrogens is 700 g/mol. The maximum atomic E-state index is 13.3. The van der Waals surface area contributed by atoms with E-state index < -0.39 is 54.6 Å². The SMILES string of the molecule is C=C1OC(COC(=O)Nc2ncnn3c([C@]4(C#N)O[C@H](COC(=O)[C@@H](N)Cc5ccccc5)[C@@H](OC(=O)CC5CCCCC5)[C@H]4O)ccc23)=C(C(C)C)O1. The summed E-state index contributed by atoms with van der Waals surface area (Å²) in [6.45, 7) is 6.70. The lowest BCUT2D eigenvalue weighted by atomic mass is 9.87. The van der Waals surface area contributed by atoms with Gasteiger partial charge in [-0.2, -0.15) is 10.4 Å². The Balaban J connectivity index is 1.21. The molecule has 2 aliphatic heterocycles. The number of aliphatic hydroxyl groups excluding tert-OH is 1. The molecule has 4 N–H and O–H groups in total. The van der Waals surface area contributed by atoms with Gasteiger partial charge in [0.25, 0.3) is 5.95 Å². The number of nitrogens with two attached hydrogens (primary N) is 1. The Kier molecular flexibility index (Phi) is 11.8. The number of allylic oxidation sites excluding steroid dienone is 1. The van der Waals surface area contributed by atoms with E-state index in [4.69, 9.17) is 34.2 Å². The van der Waals surface area contributed by atoms with Gasteiger partial charge < -0.3 is 39.3 Å². The molecule has 2 aromatic heterocycles. The van der Waals surface area contributed by atoms with Crippen molar-refractivity contribution in [2.45, 2.75) is 88.7 Å². The highest BCUT2D eigenvalue weighted by Crippen LogP contribution is 2.42. The standard InChI is InChI=1S/C38H44N6O10/c1-22(2)32-28(51-23(3)52-32)18-50-37(48)43-35-27-14-15-30(44(27)42-21-41-35)38(20-39)34(46)33(53-31(45)17-25-12-8-5-9-13-25)29(54-38)19-49-36(47)26(40)16-24-10-6-4-7-11-24/h4,6-7,10-11,14-15,21-22,25-26,29,33-34,46H,3,5,8-9,12-13,16-19,40H2,1-2H3,(H,41,42,43,48)/t26-,29+,33+,34+,38-/m0/s1. The molecular formula is C38H44N6O10. The Morgan fingerprint density at radius 3 is 2.61 bits per heavy atom. The van der Waals surface area contributed by atoms with Crippen LogP contribution in [-0.2, 0) is 50.0 Å². The van der Waals surface area contributed by atoms with E-state index in [0.29, 0.717) is 11.5 Å². The van der Waals surface area contributed by atoms with Gasteiger partial charge in [0.2, 0.25) is 5.60 Å². The van der Waals surface area contributed by atoms with Crippen LogP contribution in [0, 0.1) is 23.2 Å². The highest BCUT2D eigenvalue weighted by molar-refractivity contribution is 5.88. The number of amides is 1. The number of carbonyl (C=O) groups is 3. The van der Waals surface area contributed by atoms with Crippen molar-refractivity contribution in [3.8, 4) is 6.07 Å². The number of hydrogen-bond acceptors (Lipinski definition) is 14. The largest absolute Gasteiger partial charge is 0.462 e. The first-order valence-corrected chi connectivity index (χ1v) is 18.0. The van der Waals surface area contributed by atoms with Crippen LogP contribution in [0.25, 0.3) is 5.52 Å². The lowest BCUT2D eigenvalue weighted by Crippen LogP contribution is -2.43. The van der Waals surface area contributed by atoms with Crippen LogP contribution in [0.4, 0.5) is 10.6 Å². The number of hydrogen-bond donors (Lipinski definition) is 3. The average Bonchev–Trinajstić information content (AvgIpc) is 3.85. The van der Waals surface area contributed by atoms with E-state index >= 15 is 0 Å². The first-order valence-electron chi connectivity index (χ1n) is 18.0. The fourth-order valence-corrected chi connectivity index (χ4v) is 6.99. The number of nitriles is 1. The molecule has 6 rings (SSSR count). The Labute approximate surface area is 311 Å². The molecule has 4 heterocycles. The second kappa shape index (κ2) is 16.7. The van der Waals surface area contributed by atoms with Gasteiger partial charge in [-0.3, -0.25) is 14.9 Å². The van der Waals surface area contributed by atoms with Crippen LogP contribution in [0.3, 0.4) is 0 Å². The summed E-state index contributed by atoms with van der Waals surface area (Å²) < 4.78 is 35.1. The van der Waals surface area contributed by atoms with Crippen molar-refractivity contribution in [1.82, 2.24) is 14.6 Å². The Morgan fingerprint density at radius 2 is 1.89 bits per heavy atom. The van der Waals surface area contributed by atoms with Crippen LogP contribution >= 0.6 is 0 Å². The monoisotopic (exact) mass is 744 g/mol. The zero-order valence-electron chi connectivity index (χ0n) is 30.1. The summed E-state index contributed by atoms with van der Waals surface area (Å²) >= 11 is 0. The topological polar surface area (TPSA) is 219 Å². The van der Waals surface area contributed by atoms with Gasteiger partial charge in [-0.25, -0.2) is 14.3 Å². The molecule has 3 aliphatic rings. The molecule has 16 nitrogen and oxygen atoms in total. The zero-order valence-corrected chi connectivity index (χ0v) is 30.1. The summed E-state index contributed by atoms with van der Waals surface area (Å²) in [6, 6.07) is 13.2. The van der Waals surface area contributed by atoms with Crippen LogP contribution in [0.5, 0.6) is 0 Å². The quantitative estimate of drug-likeness (QED) is 0.166. The van der Waals surface area contributed by atoms with E-state index in [0.717, 1.165) is 44.0 Å². The molecule has 2 fully saturated rings. The van der Waals surface area contributed by atoms with Gasteiger partial charge in [-0.1, -0.05) is 63.4 Å². The maximum absolute atomic E-state index is 13.3. The van der Waals surface area contributed by atoms with E-state index in [-0.39, 0.29) is 54.3 Å². The number of carbonyl (C=O) groups excluding carboxylic acids is 3. The molecule has 0 spiro atoms. The first kappa shape index (κ1) is 38.2. The summed E-state index contributed by atoms with van der Waals surface area (Å²) in [4.78, 5) is 43.3. The van der Waals surface area contributed by atoms with Crippen molar-refractivity contribution in [2.75, 3.05) is 18.5 Å². The Morgan fingerprint density at radius 1 is 1.13 bits per heavy atom. The molecule has 286 valence electrons. The van der Waals surface area contributed by atoms with Gasteiger partial charge >= 0.3 is 18.0 Å². The molecule has 1 saturated heterocycles. The molecule has 5 atom stereocenters. The molecule has 1 aliphatic carbocycles. The summed E-state index contributed by atoms with van der Waals surface area (Å²) in [7, 11) is 0. The minimum atomic E-state index is -2.17. The van der Waals surface area contributed by atoms with Crippen LogP contribution in [0.15, 0.2) is 72.8 Å². The summed E-state index contributed by atoms with van der Waals surface area (Å²) in [5, 5.41) is 29.3. The molecule has 0 radical (unpaired) electrons. The molecule has 3 aromatic rings. The van der Waals surface area contributed by atoms with Crippen molar-refractivity contribution in [1.29, 1.82) is 5.26 Å². The number of aliphatic hydroxyl groups is 1. The second-order valence-electron chi connectivity index (χ2n) is 13.9. The molecule has 1 saturated carbocycles. The first-order chi connectivity index (χ1) is 26.0. The van der Waals surface area contributed by atoms with E-state index in [9.17, 15) is 24.8 Å². The average molecular weight is 745 g/mol. The molecule has 1 aromatic carbocycles. The highest BCUT2D eigenvalue weighted by Gasteiger charge is 2.60. The maximum Gasteiger partial charge on any atom is 0.413 e. The lowest BCUT2D eigenvalue weighted by molar-refractivity contribution is -0.161. The van der Waals surface area contributed by atoms with Crippen LogP contribution < -0.4 is 11.1 Å². The van der Waals surface area contributed by atoms with E-state index in [1.807, 2.05) is 50.2 Å². The van der Waals surface area contributed by atoms with Crippen LogP contribution in [0.1, 0.15) is 63.6 Å². The van der Waals surface area contributed by atoms with E-state index in [1.54, 1.807) is 0 Å².